The van der Waals surface area contributed by atoms with Crippen LogP contribution in [0.15, 0.2) is 30.6 Å². The van der Waals surface area contributed by atoms with Crippen LogP contribution in [-0.2, 0) is 16.1 Å². The van der Waals surface area contributed by atoms with E-state index >= 15 is 0 Å². The fourth-order valence-electron chi connectivity index (χ4n) is 2.29. The third-order valence-corrected chi connectivity index (χ3v) is 3.40. The molecule has 1 atom stereocenters. The van der Waals surface area contributed by atoms with Crippen molar-refractivity contribution in [3.63, 3.8) is 0 Å². The van der Waals surface area contributed by atoms with Gasteiger partial charge in [0, 0.05) is 18.2 Å². The van der Waals surface area contributed by atoms with Gasteiger partial charge < -0.3 is 10.1 Å². The molecule has 8 heteroatoms. The van der Waals surface area contributed by atoms with Crippen LogP contribution in [0.3, 0.4) is 0 Å². The zero-order chi connectivity index (χ0) is 15.5. The zero-order valence-corrected chi connectivity index (χ0v) is 11.9. The van der Waals surface area contributed by atoms with Crippen molar-refractivity contribution in [2.45, 2.75) is 13.0 Å². The second-order valence-electron chi connectivity index (χ2n) is 4.94. The maximum atomic E-state index is 12.1. The Bertz CT molecular complexity index is 712. The Labute approximate surface area is 126 Å². The molecule has 0 aliphatic carbocycles. The van der Waals surface area contributed by atoms with E-state index in [9.17, 15) is 9.59 Å². The molecular formula is C14H15N5O3. The summed E-state index contributed by atoms with van der Waals surface area (Å²) in [6.07, 6.45) is 1.44. The Kier molecular flexibility index (Phi) is 3.73. The summed E-state index contributed by atoms with van der Waals surface area (Å²) in [4.78, 5) is 28.0. The third kappa shape index (κ3) is 2.90. The fourth-order valence-corrected chi connectivity index (χ4v) is 2.29. The van der Waals surface area contributed by atoms with Crippen molar-refractivity contribution in [3.8, 4) is 5.75 Å². The molecule has 114 valence electrons. The van der Waals surface area contributed by atoms with Crippen molar-refractivity contribution >= 4 is 23.5 Å². The van der Waals surface area contributed by atoms with Gasteiger partial charge in [-0.1, -0.05) is 6.07 Å². The second-order valence-corrected chi connectivity index (χ2v) is 4.94. The summed E-state index contributed by atoms with van der Waals surface area (Å²) in [7, 11) is 1.56. The number of rotatable bonds is 4. The Morgan fingerprint density at radius 1 is 1.55 bits per heavy atom. The van der Waals surface area contributed by atoms with Crippen LogP contribution in [0.4, 0.5) is 11.6 Å². The first-order valence-corrected chi connectivity index (χ1v) is 6.78. The summed E-state index contributed by atoms with van der Waals surface area (Å²) < 4.78 is 6.67. The lowest BCUT2D eigenvalue weighted by atomic mass is 10.0. The van der Waals surface area contributed by atoms with E-state index in [4.69, 9.17) is 4.74 Å². The molecule has 8 nitrogen and oxygen atoms in total. The molecule has 1 aliphatic rings. The van der Waals surface area contributed by atoms with E-state index in [1.165, 1.54) is 6.33 Å². The quantitative estimate of drug-likeness (QED) is 0.873. The number of carbonyl (C=O) groups excluding carboxylic acids is 2. The lowest BCUT2D eigenvalue weighted by molar-refractivity contribution is -0.125. The number of amides is 2. The number of anilines is 2. The van der Waals surface area contributed by atoms with Crippen LogP contribution in [0, 0.1) is 5.92 Å². The fraction of sp³-hybridized carbons (Fsp3) is 0.286. The van der Waals surface area contributed by atoms with Gasteiger partial charge in [-0.15, -0.1) is 0 Å². The molecule has 0 fully saturated rings. The van der Waals surface area contributed by atoms with E-state index in [0.717, 1.165) is 0 Å². The van der Waals surface area contributed by atoms with Crippen LogP contribution in [0.1, 0.15) is 6.42 Å². The molecule has 0 spiro atoms. The molecule has 0 bridgehead atoms. The van der Waals surface area contributed by atoms with E-state index in [2.05, 4.69) is 20.7 Å². The largest absolute Gasteiger partial charge is 0.497 e. The van der Waals surface area contributed by atoms with E-state index in [-0.39, 0.29) is 18.2 Å². The third-order valence-electron chi connectivity index (χ3n) is 3.40. The number of aromatic nitrogens is 3. The Balaban J connectivity index is 1.63. The minimum Gasteiger partial charge on any atom is -0.497 e. The average molecular weight is 301 g/mol. The molecule has 2 amide bonds. The van der Waals surface area contributed by atoms with Crippen LogP contribution in [0.5, 0.6) is 5.75 Å². The highest BCUT2D eigenvalue weighted by Gasteiger charge is 2.29. The lowest BCUT2D eigenvalue weighted by Crippen LogP contribution is -2.36. The first-order chi connectivity index (χ1) is 10.7. The maximum Gasteiger partial charge on any atom is 0.232 e. The van der Waals surface area contributed by atoms with Gasteiger partial charge in [0.2, 0.25) is 17.8 Å². The average Bonchev–Trinajstić information content (AvgIpc) is 2.94. The minimum atomic E-state index is -0.472. The molecule has 1 aliphatic heterocycles. The molecule has 0 saturated carbocycles. The number of nitrogens with zero attached hydrogens (tertiary/aromatic N) is 3. The topological polar surface area (TPSA) is 98.1 Å². The summed E-state index contributed by atoms with van der Waals surface area (Å²) >= 11 is 0. The predicted octanol–water partition coefficient (Wildman–Crippen LogP) is 0.884. The van der Waals surface area contributed by atoms with Gasteiger partial charge in [-0.05, 0) is 12.1 Å². The highest BCUT2D eigenvalue weighted by Crippen LogP contribution is 2.20. The lowest BCUT2D eigenvalue weighted by Gasteiger charge is -2.21. The molecule has 2 aromatic rings. The first-order valence-electron chi connectivity index (χ1n) is 6.78. The number of hydrogen-bond acceptors (Lipinski definition) is 5. The normalized spacial score (nSPS) is 16.6. The molecule has 0 saturated heterocycles. The van der Waals surface area contributed by atoms with E-state index in [1.807, 2.05) is 0 Å². The highest BCUT2D eigenvalue weighted by atomic mass is 16.5. The van der Waals surface area contributed by atoms with Gasteiger partial charge in [-0.3, -0.25) is 14.9 Å². The summed E-state index contributed by atoms with van der Waals surface area (Å²) in [6.45, 7) is 0.340. The first kappa shape index (κ1) is 14.1. The number of carbonyl (C=O) groups is 2. The highest BCUT2D eigenvalue weighted by molar-refractivity contribution is 5.98. The van der Waals surface area contributed by atoms with Crippen molar-refractivity contribution in [1.82, 2.24) is 14.8 Å². The van der Waals surface area contributed by atoms with Crippen LogP contribution in [0.25, 0.3) is 0 Å². The van der Waals surface area contributed by atoms with Gasteiger partial charge in [0.1, 0.15) is 12.1 Å². The van der Waals surface area contributed by atoms with Gasteiger partial charge in [-0.2, -0.15) is 10.1 Å². The standard InChI is InChI=1S/C14H15N5O3/c1-22-11-4-2-3-10(6-11)17-12(20)5-9-7-19-14(15-8-16-19)18-13(9)21/h2-4,6,8-9H,5,7H2,1H3,(H,17,20)(H,15,16,18,21)/t9-/m0/s1. The van der Waals surface area contributed by atoms with Crippen LogP contribution in [0.2, 0.25) is 0 Å². The van der Waals surface area contributed by atoms with E-state index in [1.54, 1.807) is 36.1 Å². The number of benzene rings is 1. The number of fused-ring (bicyclic) bond motifs is 1. The Morgan fingerprint density at radius 3 is 3.23 bits per heavy atom. The van der Waals surface area contributed by atoms with Gasteiger partial charge in [0.05, 0.1) is 19.6 Å². The molecule has 2 N–H and O–H groups in total. The van der Waals surface area contributed by atoms with Crippen LogP contribution >= 0.6 is 0 Å². The minimum absolute atomic E-state index is 0.0718. The Hall–Kier alpha value is -2.90. The van der Waals surface area contributed by atoms with E-state index < -0.39 is 5.92 Å². The summed E-state index contributed by atoms with van der Waals surface area (Å²) in [5, 5.41) is 9.38. The summed E-state index contributed by atoms with van der Waals surface area (Å²) in [5.41, 5.74) is 0.627. The molecule has 22 heavy (non-hydrogen) atoms. The SMILES string of the molecule is COc1cccc(NC(=O)C[C@H]2Cn3ncnc3NC2=O)c1. The monoisotopic (exact) mass is 301 g/mol. The van der Waals surface area contributed by atoms with Crippen LogP contribution < -0.4 is 15.4 Å². The van der Waals surface area contributed by atoms with Gasteiger partial charge >= 0.3 is 0 Å². The van der Waals surface area contributed by atoms with E-state index in [0.29, 0.717) is 23.9 Å². The van der Waals surface area contributed by atoms with Crippen molar-refractivity contribution in [2.75, 3.05) is 17.7 Å². The van der Waals surface area contributed by atoms with Gasteiger partial charge in [-0.25, -0.2) is 4.68 Å². The van der Waals surface area contributed by atoms with Crippen molar-refractivity contribution < 1.29 is 14.3 Å². The van der Waals surface area contributed by atoms with Crippen LogP contribution in [-0.4, -0.2) is 33.7 Å². The number of nitrogens with one attached hydrogen (secondary N) is 2. The zero-order valence-electron chi connectivity index (χ0n) is 11.9. The molecular weight excluding hydrogens is 286 g/mol. The second kappa shape index (κ2) is 5.84. The smallest absolute Gasteiger partial charge is 0.232 e. The summed E-state index contributed by atoms with van der Waals surface area (Å²) in [6, 6.07) is 7.05. The van der Waals surface area contributed by atoms with Gasteiger partial charge in [0.25, 0.3) is 0 Å². The maximum absolute atomic E-state index is 12.1. The number of ether oxygens (including phenoxy) is 1. The van der Waals surface area contributed by atoms with Crippen molar-refractivity contribution in [3.05, 3.63) is 30.6 Å². The van der Waals surface area contributed by atoms with Crippen molar-refractivity contribution in [1.29, 1.82) is 0 Å². The Morgan fingerprint density at radius 2 is 2.41 bits per heavy atom. The van der Waals surface area contributed by atoms with Crippen molar-refractivity contribution in [2.24, 2.45) is 5.92 Å². The molecule has 1 aromatic heterocycles. The molecule has 1 aromatic carbocycles. The predicted molar refractivity (Wildman–Crippen MR) is 78.4 cm³/mol. The number of methoxy groups -OCH3 is 1. The molecule has 3 rings (SSSR count). The summed E-state index contributed by atoms with van der Waals surface area (Å²) in [5.74, 6) is 0.132. The van der Waals surface area contributed by atoms with Gasteiger partial charge in [0.15, 0.2) is 0 Å². The molecule has 2 heterocycles. The number of hydrogen-bond donors (Lipinski definition) is 2. The molecule has 0 unspecified atom stereocenters. The molecule has 0 radical (unpaired) electrons.